The van der Waals surface area contributed by atoms with Crippen LogP contribution in [0, 0.1) is 30.4 Å². The molecule has 0 radical (unpaired) electrons. The van der Waals surface area contributed by atoms with E-state index in [0.29, 0.717) is 16.9 Å². The van der Waals surface area contributed by atoms with Crippen LogP contribution in [0.15, 0.2) is 62.0 Å². The molecule has 0 aliphatic heterocycles. The summed E-state index contributed by atoms with van der Waals surface area (Å²) in [5.74, 6) is -0.971. The van der Waals surface area contributed by atoms with Crippen LogP contribution in [0.3, 0.4) is 0 Å². The summed E-state index contributed by atoms with van der Waals surface area (Å²) < 4.78 is 74.6. The van der Waals surface area contributed by atoms with Gasteiger partial charge in [0.1, 0.15) is 36.0 Å². The normalized spacial score (nSPS) is 21.3. The second kappa shape index (κ2) is 18.8. The van der Waals surface area contributed by atoms with Crippen LogP contribution in [0.25, 0.3) is 54.3 Å². The van der Waals surface area contributed by atoms with Gasteiger partial charge in [-0.2, -0.15) is 10.2 Å². The van der Waals surface area contributed by atoms with E-state index in [0.717, 1.165) is 27.7 Å². The quantitative estimate of drug-likeness (QED) is 0.117. The van der Waals surface area contributed by atoms with Crippen LogP contribution in [-0.4, -0.2) is 73.6 Å². The van der Waals surface area contributed by atoms with Gasteiger partial charge in [0.05, 0.1) is 29.2 Å². The third kappa shape index (κ3) is 9.19. The molecular formula is C40H47N12NaO3. The van der Waals surface area contributed by atoms with E-state index < -0.39 is 36.9 Å². The number of hydrogen-bond acceptors (Lipinski definition) is 9. The number of hydrogen-bond donors (Lipinski definition) is 1. The number of aromatic amines is 1. The van der Waals surface area contributed by atoms with Gasteiger partial charge in [-0.25, -0.2) is 33.1 Å². The first-order valence-corrected chi connectivity index (χ1v) is 17.7. The standard InChI is InChI=1S/C23H28N6O2.C17H18N6.Na.H2O/c1-23(2,3)22(30)31-15-28-10-9-18-20(25-14-26-21(18)28)17-11-27-29(13-17)19(12-24-4)16-7-5-6-8-16;1-18-9-15(12-4-2-3-5-12)23-10-13(8-22-23)16-14-6-7-19-17(14)21-11-20-16;;/h9-11,13-14,16,19H,5-8,12,15H2,1-3H3;6-8,10-12,15H,2-5,9H2,(H,19,20,21);;1H2/q;;+1;/p-1/t19-;15-;;/m11../s1/i5D2,6D2;2D2,3D2;;. The second-order valence-electron chi connectivity index (χ2n) is 14.3. The average molecular weight is 775 g/mol. The van der Waals surface area contributed by atoms with Crippen molar-refractivity contribution in [3.05, 3.63) is 84.8 Å². The van der Waals surface area contributed by atoms with Gasteiger partial charge in [0.15, 0.2) is 6.73 Å². The Kier molecular flexibility index (Phi) is 10.8. The van der Waals surface area contributed by atoms with Gasteiger partial charge < -0.3 is 24.9 Å². The molecule has 6 aromatic rings. The van der Waals surface area contributed by atoms with Crippen LogP contribution in [0.5, 0.6) is 0 Å². The number of esters is 1. The van der Waals surface area contributed by atoms with Crippen molar-refractivity contribution in [2.24, 2.45) is 17.3 Å². The predicted molar refractivity (Wildman–Crippen MR) is 206 cm³/mol. The van der Waals surface area contributed by atoms with E-state index in [1.165, 1.54) is 12.7 Å². The van der Waals surface area contributed by atoms with Crippen molar-refractivity contribution in [2.75, 3.05) is 13.1 Å². The molecule has 0 saturated heterocycles. The summed E-state index contributed by atoms with van der Waals surface area (Å²) in [5.41, 5.74) is 3.54. The van der Waals surface area contributed by atoms with Gasteiger partial charge in [0, 0.05) is 57.7 Å². The molecule has 0 amide bonds. The van der Waals surface area contributed by atoms with Gasteiger partial charge in [-0.15, -0.1) is 0 Å². The molecule has 6 aromatic heterocycles. The Hall–Kier alpha value is -4.93. The maximum absolute atomic E-state index is 12.1. The van der Waals surface area contributed by atoms with E-state index in [1.807, 2.05) is 12.1 Å². The predicted octanol–water partition coefficient (Wildman–Crippen LogP) is 4.79. The van der Waals surface area contributed by atoms with Crippen molar-refractivity contribution >= 4 is 28.0 Å². The first-order valence-electron chi connectivity index (χ1n) is 21.7. The van der Waals surface area contributed by atoms with Gasteiger partial charge >= 0.3 is 35.5 Å². The Bertz CT molecular complexity index is 2650. The van der Waals surface area contributed by atoms with Crippen molar-refractivity contribution in [2.45, 2.75) is 90.8 Å². The number of fused-ring (bicyclic) bond motifs is 2. The van der Waals surface area contributed by atoms with Crippen molar-refractivity contribution in [3.8, 4) is 22.5 Å². The minimum atomic E-state index is -1.95. The molecular weight excluding hydrogens is 720 g/mol. The van der Waals surface area contributed by atoms with Crippen LogP contribution >= 0.6 is 0 Å². The smallest absolute Gasteiger partial charge is 0.870 e. The molecule has 6 heterocycles. The summed E-state index contributed by atoms with van der Waals surface area (Å²) in [5, 5.41) is 10.5. The Morgan fingerprint density at radius 2 is 1.41 bits per heavy atom. The number of carbonyl (C=O) groups is 1. The summed E-state index contributed by atoms with van der Waals surface area (Å²) in [6.07, 6.45) is 5.82. The first kappa shape index (κ1) is 32.2. The van der Waals surface area contributed by atoms with Gasteiger partial charge in [-0.05, 0) is 70.4 Å². The number of H-pyrrole nitrogens is 1. The fraction of sp³-hybridized carbons (Fsp3) is 0.475. The summed E-state index contributed by atoms with van der Waals surface area (Å²) in [4.78, 5) is 39.5. The molecule has 2 N–H and O–H groups in total. The third-order valence-corrected chi connectivity index (χ3v) is 9.64. The van der Waals surface area contributed by atoms with Crippen molar-refractivity contribution in [1.82, 2.24) is 49.0 Å². The zero-order valence-corrected chi connectivity index (χ0v) is 33.7. The molecule has 0 unspecified atom stereocenters. The van der Waals surface area contributed by atoms with E-state index >= 15 is 0 Å². The van der Waals surface area contributed by atoms with Crippen LogP contribution in [0.1, 0.15) is 95.0 Å². The van der Waals surface area contributed by atoms with E-state index in [1.54, 1.807) is 71.9 Å². The van der Waals surface area contributed by atoms with Gasteiger partial charge in [-0.3, -0.25) is 18.7 Å². The molecule has 2 aliphatic carbocycles. The first-order chi connectivity index (χ1) is 29.2. The fourth-order valence-corrected chi connectivity index (χ4v) is 6.65. The number of ether oxygens (including phenoxy) is 1. The number of nitrogens with one attached hydrogen (secondary N) is 1. The number of aromatic nitrogens is 10. The molecule has 2 atom stereocenters. The molecule has 16 heteroatoms. The van der Waals surface area contributed by atoms with Gasteiger partial charge in [-0.1, -0.05) is 25.5 Å². The van der Waals surface area contributed by atoms with Crippen LogP contribution in [0.2, 0.25) is 0 Å². The van der Waals surface area contributed by atoms with E-state index in [-0.39, 0.29) is 104 Å². The number of nitrogens with zero attached hydrogens (tertiary/aromatic N) is 11. The molecule has 15 nitrogen and oxygen atoms in total. The minimum Gasteiger partial charge on any atom is -0.870 e. The van der Waals surface area contributed by atoms with Crippen molar-refractivity contribution in [1.29, 1.82) is 0 Å². The Morgan fingerprint density at radius 1 is 0.875 bits per heavy atom. The van der Waals surface area contributed by atoms with E-state index in [9.17, 15) is 4.79 Å². The van der Waals surface area contributed by atoms with Crippen LogP contribution < -0.4 is 29.6 Å². The zero-order chi connectivity index (χ0) is 44.8. The molecule has 0 bridgehead atoms. The summed E-state index contributed by atoms with van der Waals surface area (Å²) in [6, 6.07) is 2.89. The molecule has 0 aromatic carbocycles. The summed E-state index contributed by atoms with van der Waals surface area (Å²) in [7, 11) is 0. The largest absolute Gasteiger partial charge is 1.00 e. The van der Waals surface area contributed by atoms with Gasteiger partial charge in [0.25, 0.3) is 0 Å². The number of rotatable bonds is 10. The van der Waals surface area contributed by atoms with Crippen molar-refractivity contribution in [3.63, 3.8) is 0 Å². The van der Waals surface area contributed by atoms with Crippen molar-refractivity contribution < 1.29 is 55.5 Å². The zero-order valence-electron chi connectivity index (χ0n) is 39.7. The maximum Gasteiger partial charge on any atom is 1.00 e. The monoisotopic (exact) mass is 774 g/mol. The summed E-state index contributed by atoms with van der Waals surface area (Å²) >= 11 is 0. The maximum atomic E-state index is 12.1. The molecule has 2 saturated carbocycles. The topological polar surface area (TPSA) is 173 Å². The third-order valence-electron chi connectivity index (χ3n) is 9.64. The molecule has 2 aliphatic rings. The Labute approximate surface area is 359 Å². The molecule has 2 fully saturated rings. The molecule has 0 spiro atoms. The average Bonchev–Trinajstić information content (AvgIpc) is 4.06. The Morgan fingerprint density at radius 3 is 1.95 bits per heavy atom. The van der Waals surface area contributed by atoms with E-state index in [2.05, 4.69) is 44.8 Å². The van der Waals surface area contributed by atoms with E-state index in [4.69, 9.17) is 28.8 Å². The van der Waals surface area contributed by atoms with Crippen LogP contribution in [0.4, 0.5) is 0 Å². The molecule has 56 heavy (non-hydrogen) atoms. The summed E-state index contributed by atoms with van der Waals surface area (Å²) in [6.45, 7) is 20.2. The molecule has 8 rings (SSSR count). The van der Waals surface area contributed by atoms with Gasteiger partial charge in [0.2, 0.25) is 13.1 Å². The number of carbonyl (C=O) groups excluding carboxylic acids is 1. The minimum absolute atomic E-state index is 0. The Balaban J connectivity index is 0.000000240. The fourth-order valence-electron chi connectivity index (χ4n) is 6.65. The molecule has 286 valence electrons. The SMILES string of the molecule is [2H]C1([2H])CC([C@@H](C[N+]#[C-])n2cc(-c3ncnc4[nH]ccc34)cn2)CC1([2H])[2H].[2H]C1([2H])CC([C@@H](C[N+]#[C-])n2cc(-c3ncnc4c3ccn4COC(=O)C(C)(C)C)cn2)CC1([2H])[2H].[Na+].[OH-]. The van der Waals surface area contributed by atoms with Crippen LogP contribution in [-0.2, 0) is 16.3 Å². The second-order valence-corrected chi connectivity index (χ2v) is 14.3.